The molecule has 1 saturated carbocycles. The summed E-state index contributed by atoms with van der Waals surface area (Å²) in [6, 6.07) is 8.50. The van der Waals surface area contributed by atoms with Crippen molar-refractivity contribution in [3.8, 4) is 0 Å². The summed E-state index contributed by atoms with van der Waals surface area (Å²) in [6.45, 7) is 5.87. The summed E-state index contributed by atoms with van der Waals surface area (Å²) >= 11 is 0. The fourth-order valence-corrected chi connectivity index (χ4v) is 3.81. The van der Waals surface area contributed by atoms with Crippen molar-refractivity contribution in [2.45, 2.75) is 39.0 Å². The third-order valence-corrected chi connectivity index (χ3v) is 6.27. The first kappa shape index (κ1) is 24.2. The Balaban J connectivity index is 0.00000364. The normalized spacial score (nSPS) is 16.2. The van der Waals surface area contributed by atoms with Crippen molar-refractivity contribution in [3.05, 3.63) is 35.4 Å². The van der Waals surface area contributed by atoms with Gasteiger partial charge in [0.15, 0.2) is 5.96 Å². The van der Waals surface area contributed by atoms with E-state index in [2.05, 4.69) is 58.5 Å². The summed E-state index contributed by atoms with van der Waals surface area (Å²) in [5, 5.41) is 6.34. The lowest BCUT2D eigenvalue weighted by atomic mass is 9.86. The number of benzene rings is 1. The molecule has 0 spiro atoms. The first-order valence-electron chi connectivity index (χ1n) is 9.38. The van der Waals surface area contributed by atoms with Crippen LogP contribution < -0.4 is 15.4 Å². The van der Waals surface area contributed by atoms with Crippen LogP contribution in [0.3, 0.4) is 0 Å². The molecule has 27 heavy (non-hydrogen) atoms. The Labute approximate surface area is 181 Å². The zero-order valence-electron chi connectivity index (χ0n) is 16.5. The van der Waals surface area contributed by atoms with Crippen LogP contribution in [0.4, 0.5) is 0 Å². The third kappa shape index (κ3) is 8.78. The molecule has 0 heterocycles. The first-order valence-corrected chi connectivity index (χ1v) is 11.0. The second-order valence-electron chi connectivity index (χ2n) is 7.16. The highest BCUT2D eigenvalue weighted by Gasteiger charge is 2.20. The maximum Gasteiger partial charge on any atom is 0.213 e. The van der Waals surface area contributed by atoms with Crippen LogP contribution in [0.25, 0.3) is 0 Å². The van der Waals surface area contributed by atoms with Gasteiger partial charge in [0.2, 0.25) is 10.0 Å². The SMILES string of the molecule is CN=C(NCCS(=O)(=O)NCC1CCC1)NCC(C)c1ccc(C)cc1.I. The molecule has 3 N–H and O–H groups in total. The van der Waals surface area contributed by atoms with Gasteiger partial charge in [0.25, 0.3) is 0 Å². The van der Waals surface area contributed by atoms with Gasteiger partial charge in [-0.15, -0.1) is 24.0 Å². The molecule has 0 aromatic heterocycles. The Morgan fingerprint density at radius 1 is 1.22 bits per heavy atom. The minimum Gasteiger partial charge on any atom is -0.356 e. The van der Waals surface area contributed by atoms with Gasteiger partial charge in [-0.2, -0.15) is 0 Å². The summed E-state index contributed by atoms with van der Waals surface area (Å²) in [4.78, 5) is 4.16. The maximum absolute atomic E-state index is 12.0. The van der Waals surface area contributed by atoms with E-state index in [1.54, 1.807) is 7.05 Å². The van der Waals surface area contributed by atoms with Crippen molar-refractivity contribution in [1.29, 1.82) is 0 Å². The van der Waals surface area contributed by atoms with Crippen molar-refractivity contribution in [3.63, 3.8) is 0 Å². The van der Waals surface area contributed by atoms with E-state index in [1.807, 2.05) is 0 Å². The molecular weight excluding hydrogens is 475 g/mol. The van der Waals surface area contributed by atoms with E-state index >= 15 is 0 Å². The minimum absolute atomic E-state index is 0. The molecule has 2 rings (SSSR count). The number of guanidine groups is 1. The molecule has 1 unspecified atom stereocenters. The van der Waals surface area contributed by atoms with Gasteiger partial charge in [0.1, 0.15) is 0 Å². The first-order chi connectivity index (χ1) is 12.4. The summed E-state index contributed by atoms with van der Waals surface area (Å²) < 4.78 is 26.7. The Kier molecular flexibility index (Phi) is 10.6. The second-order valence-corrected chi connectivity index (χ2v) is 9.08. The van der Waals surface area contributed by atoms with E-state index in [-0.39, 0.29) is 29.7 Å². The topological polar surface area (TPSA) is 82.6 Å². The third-order valence-electron chi connectivity index (χ3n) is 4.93. The molecule has 1 aliphatic rings. The highest BCUT2D eigenvalue weighted by Crippen LogP contribution is 2.25. The predicted octanol–water partition coefficient (Wildman–Crippen LogP) is 2.60. The van der Waals surface area contributed by atoms with Gasteiger partial charge in [-0.25, -0.2) is 13.1 Å². The average molecular weight is 508 g/mol. The molecule has 0 aliphatic heterocycles. The van der Waals surface area contributed by atoms with Crippen LogP contribution in [-0.4, -0.2) is 46.8 Å². The van der Waals surface area contributed by atoms with Crippen LogP contribution in [-0.2, 0) is 10.0 Å². The molecule has 1 atom stereocenters. The highest BCUT2D eigenvalue weighted by molar-refractivity contribution is 14.0. The van der Waals surface area contributed by atoms with E-state index in [0.29, 0.717) is 30.9 Å². The Morgan fingerprint density at radius 3 is 2.44 bits per heavy atom. The molecule has 0 amide bonds. The lowest BCUT2D eigenvalue weighted by molar-refractivity contribution is 0.316. The van der Waals surface area contributed by atoms with Crippen molar-refractivity contribution >= 4 is 40.0 Å². The molecule has 6 nitrogen and oxygen atoms in total. The number of nitrogens with one attached hydrogen (secondary N) is 3. The van der Waals surface area contributed by atoms with Gasteiger partial charge in [0.05, 0.1) is 5.75 Å². The largest absolute Gasteiger partial charge is 0.356 e. The molecule has 0 bridgehead atoms. The van der Waals surface area contributed by atoms with E-state index in [0.717, 1.165) is 19.4 Å². The van der Waals surface area contributed by atoms with Crippen molar-refractivity contribution in [2.75, 3.05) is 32.4 Å². The summed E-state index contributed by atoms with van der Waals surface area (Å²) in [5.41, 5.74) is 2.51. The lowest BCUT2D eigenvalue weighted by Crippen LogP contribution is -2.42. The van der Waals surface area contributed by atoms with Crippen LogP contribution in [0.5, 0.6) is 0 Å². The van der Waals surface area contributed by atoms with Crippen LogP contribution in [0.2, 0.25) is 0 Å². The molecular formula is C19H33IN4O2S. The van der Waals surface area contributed by atoms with Crippen molar-refractivity contribution in [2.24, 2.45) is 10.9 Å². The Bertz CT molecular complexity index is 688. The monoisotopic (exact) mass is 508 g/mol. The van der Waals surface area contributed by atoms with Crippen LogP contribution >= 0.6 is 24.0 Å². The lowest BCUT2D eigenvalue weighted by Gasteiger charge is -2.25. The Morgan fingerprint density at radius 2 is 1.89 bits per heavy atom. The van der Waals surface area contributed by atoms with Crippen LogP contribution in [0, 0.1) is 12.8 Å². The number of aryl methyl sites for hydroxylation is 1. The summed E-state index contributed by atoms with van der Waals surface area (Å²) in [5.74, 6) is 1.53. The minimum atomic E-state index is -3.23. The molecule has 1 aliphatic carbocycles. The van der Waals surface area contributed by atoms with E-state index in [4.69, 9.17) is 0 Å². The average Bonchev–Trinajstić information content (AvgIpc) is 2.56. The zero-order chi connectivity index (χ0) is 19.0. The van der Waals surface area contributed by atoms with Gasteiger partial charge in [-0.05, 0) is 37.2 Å². The highest BCUT2D eigenvalue weighted by atomic mass is 127. The molecule has 154 valence electrons. The van der Waals surface area contributed by atoms with Gasteiger partial charge in [0, 0.05) is 26.7 Å². The van der Waals surface area contributed by atoms with Gasteiger partial charge < -0.3 is 10.6 Å². The number of aliphatic imine (C=N–C) groups is 1. The zero-order valence-corrected chi connectivity index (χ0v) is 19.6. The number of nitrogens with zero attached hydrogens (tertiary/aromatic N) is 1. The summed E-state index contributed by atoms with van der Waals surface area (Å²) in [7, 11) is -1.54. The van der Waals surface area contributed by atoms with Crippen molar-refractivity contribution in [1.82, 2.24) is 15.4 Å². The van der Waals surface area contributed by atoms with Crippen LogP contribution in [0.15, 0.2) is 29.3 Å². The van der Waals surface area contributed by atoms with Gasteiger partial charge >= 0.3 is 0 Å². The summed E-state index contributed by atoms with van der Waals surface area (Å²) in [6.07, 6.45) is 3.49. The Hall–Kier alpha value is -0.870. The molecule has 0 radical (unpaired) electrons. The molecule has 1 aromatic rings. The van der Waals surface area contributed by atoms with Gasteiger partial charge in [-0.1, -0.05) is 43.2 Å². The number of sulfonamides is 1. The molecule has 8 heteroatoms. The predicted molar refractivity (Wildman–Crippen MR) is 124 cm³/mol. The number of hydrogen-bond acceptors (Lipinski definition) is 3. The quantitative estimate of drug-likeness (QED) is 0.272. The van der Waals surface area contributed by atoms with Gasteiger partial charge in [-0.3, -0.25) is 4.99 Å². The molecule has 1 aromatic carbocycles. The smallest absolute Gasteiger partial charge is 0.213 e. The van der Waals surface area contributed by atoms with E-state index in [9.17, 15) is 8.42 Å². The fraction of sp³-hybridized carbons (Fsp3) is 0.632. The van der Waals surface area contributed by atoms with E-state index < -0.39 is 10.0 Å². The number of halogens is 1. The molecule has 1 fully saturated rings. The second kappa shape index (κ2) is 11.9. The van der Waals surface area contributed by atoms with Crippen LogP contribution in [0.1, 0.15) is 43.2 Å². The molecule has 0 saturated heterocycles. The maximum atomic E-state index is 12.0. The number of hydrogen-bond donors (Lipinski definition) is 3. The fourth-order valence-electron chi connectivity index (χ4n) is 2.80. The van der Waals surface area contributed by atoms with Crippen molar-refractivity contribution < 1.29 is 8.42 Å². The number of rotatable bonds is 9. The standard InChI is InChI=1S/C19H32N4O2S.HI/c1-15-7-9-18(10-8-15)16(2)13-22-19(20-3)21-11-12-26(24,25)23-14-17-5-4-6-17;/h7-10,16-17,23H,4-6,11-14H2,1-3H3,(H2,20,21,22);1H. The van der Waals surface area contributed by atoms with E-state index in [1.165, 1.54) is 17.5 Å².